The second-order valence-electron chi connectivity index (χ2n) is 8.11. The molecule has 0 bridgehead atoms. The van der Waals surface area contributed by atoms with Crippen LogP contribution in [0.4, 0.5) is 0 Å². The van der Waals surface area contributed by atoms with Crippen LogP contribution >= 0.6 is 0 Å². The van der Waals surface area contributed by atoms with Gasteiger partial charge < -0.3 is 24.5 Å². The minimum absolute atomic E-state index is 0.110. The van der Waals surface area contributed by atoms with E-state index in [2.05, 4.69) is 0 Å². The third kappa shape index (κ3) is 4.88. The van der Waals surface area contributed by atoms with Crippen molar-refractivity contribution in [3.05, 3.63) is 59.9 Å². The number of hydrogen-bond acceptors (Lipinski definition) is 5. The van der Waals surface area contributed by atoms with E-state index in [0.717, 1.165) is 36.6 Å². The molecule has 2 N–H and O–H groups in total. The maximum absolute atomic E-state index is 13.5. The highest BCUT2D eigenvalue weighted by molar-refractivity contribution is 5.96. The van der Waals surface area contributed by atoms with Crippen LogP contribution in [0.15, 0.2) is 52.9 Å². The van der Waals surface area contributed by atoms with Crippen LogP contribution in [0.25, 0.3) is 11.0 Å². The molecule has 168 valence electrons. The summed E-state index contributed by atoms with van der Waals surface area (Å²) in [7, 11) is 1.54. The quantitative estimate of drug-likeness (QED) is 0.569. The number of amides is 2. The Morgan fingerprint density at radius 2 is 1.84 bits per heavy atom. The summed E-state index contributed by atoms with van der Waals surface area (Å²) in [6, 6.07) is 15.0. The van der Waals surface area contributed by atoms with Crippen molar-refractivity contribution in [2.24, 2.45) is 5.73 Å². The van der Waals surface area contributed by atoms with Crippen LogP contribution in [0.2, 0.25) is 0 Å². The van der Waals surface area contributed by atoms with E-state index in [1.54, 1.807) is 6.07 Å². The van der Waals surface area contributed by atoms with Gasteiger partial charge in [-0.3, -0.25) is 9.59 Å². The van der Waals surface area contributed by atoms with E-state index in [1.165, 1.54) is 13.5 Å². The van der Waals surface area contributed by atoms with Gasteiger partial charge in [0.05, 0.1) is 7.11 Å². The highest BCUT2D eigenvalue weighted by Crippen LogP contribution is 2.31. The fraction of sp³-hybridized carbons (Fsp3) is 0.360. The van der Waals surface area contributed by atoms with E-state index in [-0.39, 0.29) is 18.6 Å². The number of para-hydroxylation sites is 1. The summed E-state index contributed by atoms with van der Waals surface area (Å²) in [6.45, 7) is 0.196. The summed E-state index contributed by atoms with van der Waals surface area (Å²) < 4.78 is 16.7. The number of primary amides is 1. The van der Waals surface area contributed by atoms with Crippen molar-refractivity contribution in [1.29, 1.82) is 0 Å². The van der Waals surface area contributed by atoms with E-state index in [4.69, 9.17) is 19.6 Å². The molecule has 0 spiro atoms. The Morgan fingerprint density at radius 3 is 2.56 bits per heavy atom. The number of carbonyl (C=O) groups is 2. The molecule has 0 atom stereocenters. The Bertz CT molecular complexity index is 1070. The molecule has 0 unspecified atom stereocenters. The monoisotopic (exact) mass is 436 g/mol. The number of fused-ring (bicyclic) bond motifs is 1. The minimum atomic E-state index is -0.559. The molecule has 3 aromatic rings. The van der Waals surface area contributed by atoms with Gasteiger partial charge in [-0.25, -0.2) is 0 Å². The van der Waals surface area contributed by atoms with Crippen LogP contribution in [-0.4, -0.2) is 36.5 Å². The zero-order valence-electron chi connectivity index (χ0n) is 18.2. The SMILES string of the molecule is COc1cc(CN(C(=O)c2cc3ccccc3o2)C2CCCCC2)ccc1OCC(N)=O. The Kier molecular flexibility index (Phi) is 6.63. The molecule has 1 fully saturated rings. The number of rotatable bonds is 8. The normalized spacial score (nSPS) is 14.3. The molecule has 1 aliphatic carbocycles. The number of hydrogen-bond donors (Lipinski definition) is 1. The fourth-order valence-corrected chi connectivity index (χ4v) is 4.26. The first-order valence-electron chi connectivity index (χ1n) is 10.9. The third-order valence-electron chi connectivity index (χ3n) is 5.86. The molecule has 32 heavy (non-hydrogen) atoms. The highest BCUT2D eigenvalue weighted by Gasteiger charge is 2.29. The van der Waals surface area contributed by atoms with Crippen LogP contribution in [-0.2, 0) is 11.3 Å². The minimum Gasteiger partial charge on any atom is -0.493 e. The molecule has 1 saturated carbocycles. The van der Waals surface area contributed by atoms with Crippen molar-refractivity contribution in [2.75, 3.05) is 13.7 Å². The first-order valence-corrected chi connectivity index (χ1v) is 10.9. The Balaban J connectivity index is 1.60. The number of carbonyl (C=O) groups excluding carboxylic acids is 2. The molecule has 2 aromatic carbocycles. The lowest BCUT2D eigenvalue weighted by Crippen LogP contribution is -2.40. The molecule has 4 rings (SSSR count). The number of furan rings is 1. The summed E-state index contributed by atoms with van der Waals surface area (Å²) in [5.41, 5.74) is 6.78. The van der Waals surface area contributed by atoms with Crippen molar-refractivity contribution < 1.29 is 23.5 Å². The van der Waals surface area contributed by atoms with Crippen LogP contribution in [0.3, 0.4) is 0 Å². The van der Waals surface area contributed by atoms with E-state index in [0.29, 0.717) is 29.4 Å². The fourth-order valence-electron chi connectivity index (χ4n) is 4.26. The lowest BCUT2D eigenvalue weighted by atomic mass is 9.93. The molecule has 0 saturated heterocycles. The van der Waals surface area contributed by atoms with Gasteiger partial charge in [0.25, 0.3) is 11.8 Å². The number of methoxy groups -OCH3 is 1. The van der Waals surface area contributed by atoms with Crippen molar-refractivity contribution in [3.8, 4) is 11.5 Å². The standard InChI is InChI=1S/C25H28N2O5/c1-30-22-13-17(11-12-21(22)31-16-24(26)28)15-27(19-8-3-2-4-9-19)25(29)23-14-18-7-5-6-10-20(18)32-23/h5-7,10-14,19H,2-4,8-9,15-16H2,1H3,(H2,26,28). The first kappa shape index (κ1) is 21.7. The highest BCUT2D eigenvalue weighted by atomic mass is 16.5. The topological polar surface area (TPSA) is 95.0 Å². The van der Waals surface area contributed by atoms with Gasteiger partial charge in [-0.15, -0.1) is 0 Å². The zero-order valence-corrected chi connectivity index (χ0v) is 18.2. The number of nitrogens with zero attached hydrogens (tertiary/aromatic N) is 1. The van der Waals surface area contributed by atoms with Gasteiger partial charge in [0, 0.05) is 18.0 Å². The number of benzene rings is 2. The van der Waals surface area contributed by atoms with Crippen molar-refractivity contribution in [3.63, 3.8) is 0 Å². The molecule has 0 aliphatic heterocycles. The van der Waals surface area contributed by atoms with E-state index < -0.39 is 5.91 Å². The van der Waals surface area contributed by atoms with Gasteiger partial charge in [-0.1, -0.05) is 43.5 Å². The molecule has 0 radical (unpaired) electrons. The van der Waals surface area contributed by atoms with Crippen molar-refractivity contribution >= 4 is 22.8 Å². The molecule has 2 amide bonds. The maximum Gasteiger partial charge on any atom is 0.290 e. The van der Waals surface area contributed by atoms with Gasteiger partial charge in [-0.05, 0) is 42.7 Å². The smallest absolute Gasteiger partial charge is 0.290 e. The second kappa shape index (κ2) is 9.77. The lowest BCUT2D eigenvalue weighted by molar-refractivity contribution is -0.119. The molecular formula is C25H28N2O5. The van der Waals surface area contributed by atoms with Crippen LogP contribution in [0, 0.1) is 0 Å². The van der Waals surface area contributed by atoms with Crippen LogP contribution < -0.4 is 15.2 Å². The average molecular weight is 437 g/mol. The summed E-state index contributed by atoms with van der Waals surface area (Å²) >= 11 is 0. The van der Waals surface area contributed by atoms with Crippen LogP contribution in [0.5, 0.6) is 11.5 Å². The molecule has 7 nitrogen and oxygen atoms in total. The first-order chi connectivity index (χ1) is 15.5. The Hall–Kier alpha value is -3.48. The zero-order chi connectivity index (χ0) is 22.5. The van der Waals surface area contributed by atoms with Crippen LogP contribution in [0.1, 0.15) is 48.2 Å². The van der Waals surface area contributed by atoms with E-state index in [9.17, 15) is 9.59 Å². The molecule has 7 heteroatoms. The van der Waals surface area contributed by atoms with E-state index >= 15 is 0 Å². The van der Waals surface area contributed by atoms with Gasteiger partial charge in [-0.2, -0.15) is 0 Å². The second-order valence-corrected chi connectivity index (χ2v) is 8.11. The Morgan fingerprint density at radius 1 is 1.06 bits per heavy atom. The lowest BCUT2D eigenvalue weighted by Gasteiger charge is -2.34. The number of ether oxygens (including phenoxy) is 2. The molecule has 1 heterocycles. The predicted octanol–water partition coefficient (Wildman–Crippen LogP) is 4.28. The summed E-state index contributed by atoms with van der Waals surface area (Å²) in [5.74, 6) is 0.605. The van der Waals surface area contributed by atoms with Gasteiger partial charge in [0.1, 0.15) is 5.58 Å². The van der Waals surface area contributed by atoms with Crippen molar-refractivity contribution in [2.45, 2.75) is 44.7 Å². The average Bonchev–Trinajstić information content (AvgIpc) is 3.26. The summed E-state index contributed by atoms with van der Waals surface area (Å²) in [4.78, 5) is 26.5. The Labute approximate surface area is 187 Å². The van der Waals surface area contributed by atoms with E-state index in [1.807, 2.05) is 47.4 Å². The third-order valence-corrected chi connectivity index (χ3v) is 5.86. The molecule has 1 aromatic heterocycles. The van der Waals surface area contributed by atoms with Gasteiger partial charge >= 0.3 is 0 Å². The largest absolute Gasteiger partial charge is 0.493 e. The molecule has 1 aliphatic rings. The van der Waals surface area contributed by atoms with Crippen molar-refractivity contribution in [1.82, 2.24) is 4.90 Å². The predicted molar refractivity (Wildman–Crippen MR) is 121 cm³/mol. The maximum atomic E-state index is 13.5. The summed E-state index contributed by atoms with van der Waals surface area (Å²) in [5, 5.41) is 0.914. The van der Waals surface area contributed by atoms with Gasteiger partial charge in [0.2, 0.25) is 0 Å². The number of nitrogens with two attached hydrogens (primary N) is 1. The van der Waals surface area contributed by atoms with Gasteiger partial charge in [0.15, 0.2) is 23.9 Å². The summed E-state index contributed by atoms with van der Waals surface area (Å²) in [6.07, 6.45) is 5.37. The molecular weight excluding hydrogens is 408 g/mol.